The molecule has 0 radical (unpaired) electrons. The Morgan fingerprint density at radius 3 is 2.34 bits per heavy atom. The Balaban J connectivity index is 1.27. The number of benzene rings is 3. The van der Waals surface area contributed by atoms with E-state index < -0.39 is 6.04 Å². The topological polar surface area (TPSA) is 92.6 Å². The zero-order valence-electron chi connectivity index (χ0n) is 20.6. The number of nitrogens with one attached hydrogen (secondary N) is 1. The first kappa shape index (κ1) is 25.1. The molecule has 10 heteroatoms. The van der Waals surface area contributed by atoms with Crippen molar-refractivity contribution in [3.05, 3.63) is 103 Å². The molecule has 1 aliphatic heterocycles. The summed E-state index contributed by atoms with van der Waals surface area (Å²) in [5.41, 5.74) is 1.72. The lowest BCUT2D eigenvalue weighted by Gasteiger charge is -2.40. The first-order chi connectivity index (χ1) is 18.5. The molecule has 0 unspecified atom stereocenters. The molecule has 38 heavy (non-hydrogen) atoms. The zero-order chi connectivity index (χ0) is 26.3. The molecule has 1 aliphatic rings. The van der Waals surface area contributed by atoms with E-state index in [0.29, 0.717) is 43.4 Å². The van der Waals surface area contributed by atoms with Gasteiger partial charge in [0.2, 0.25) is 11.8 Å². The van der Waals surface area contributed by atoms with Crippen LogP contribution in [-0.4, -0.2) is 62.1 Å². The summed E-state index contributed by atoms with van der Waals surface area (Å²) in [6.45, 7) is 2.17. The summed E-state index contributed by atoms with van der Waals surface area (Å²) in [7, 11) is 0. The number of anilines is 1. The molecule has 0 saturated carbocycles. The number of carbonyl (C=O) groups is 2. The molecule has 0 aliphatic carbocycles. The maximum atomic E-state index is 13.5. The summed E-state index contributed by atoms with van der Waals surface area (Å²) in [5, 5.41) is 6.96. The Bertz CT molecular complexity index is 1350. The highest BCUT2D eigenvalue weighted by atomic mass is 19.1. The maximum Gasteiger partial charge on any atom is 0.248 e. The van der Waals surface area contributed by atoms with Gasteiger partial charge in [-0.1, -0.05) is 30.3 Å². The summed E-state index contributed by atoms with van der Waals surface area (Å²) in [6, 6.07) is 22.0. The van der Waals surface area contributed by atoms with Crippen molar-refractivity contribution in [2.45, 2.75) is 19.1 Å². The Labute approximate surface area is 219 Å². The normalized spacial score (nSPS) is 15.7. The van der Waals surface area contributed by atoms with Crippen LogP contribution in [0.3, 0.4) is 0 Å². The van der Waals surface area contributed by atoms with Crippen LogP contribution in [0.25, 0.3) is 0 Å². The standard InChI is InChI=1S/C28H27FN6O3/c29-22-6-10-24(11-7-22)38-25-12-8-23(9-13-25)32-28(37)26-17-33(16-21-4-2-1-3-5-21)14-15-35(26)27(36)18-34-20-30-19-31-34/h1-13,19-20,26H,14-18H2,(H,32,37)/t26-/m0/s1. The van der Waals surface area contributed by atoms with Gasteiger partial charge >= 0.3 is 0 Å². The molecule has 194 valence electrons. The van der Waals surface area contributed by atoms with Crippen LogP contribution in [0.2, 0.25) is 0 Å². The molecule has 0 bridgehead atoms. The first-order valence-electron chi connectivity index (χ1n) is 12.3. The van der Waals surface area contributed by atoms with Crippen LogP contribution >= 0.6 is 0 Å². The molecule has 5 rings (SSSR count). The van der Waals surface area contributed by atoms with Gasteiger partial charge in [0.25, 0.3) is 0 Å². The Kier molecular flexibility index (Phi) is 7.70. The SMILES string of the molecule is O=C(Nc1ccc(Oc2ccc(F)cc2)cc1)[C@@H]1CN(Cc2ccccc2)CCN1C(=O)Cn1cncn1. The van der Waals surface area contributed by atoms with Gasteiger partial charge in [-0.05, 0) is 54.1 Å². The molecule has 1 saturated heterocycles. The number of ether oxygens (including phenoxy) is 1. The quantitative estimate of drug-likeness (QED) is 0.387. The van der Waals surface area contributed by atoms with Gasteiger partial charge in [0.1, 0.15) is 42.6 Å². The largest absolute Gasteiger partial charge is 0.457 e. The fraction of sp³-hybridized carbons (Fsp3) is 0.214. The summed E-state index contributed by atoms with van der Waals surface area (Å²) >= 11 is 0. The van der Waals surface area contributed by atoms with Gasteiger partial charge in [0, 0.05) is 31.9 Å². The second-order valence-corrected chi connectivity index (χ2v) is 8.99. The zero-order valence-corrected chi connectivity index (χ0v) is 20.6. The van der Waals surface area contributed by atoms with Gasteiger partial charge in [-0.15, -0.1) is 0 Å². The third kappa shape index (κ3) is 6.40. The van der Waals surface area contributed by atoms with Gasteiger partial charge < -0.3 is 15.0 Å². The number of nitrogens with zero attached hydrogens (tertiary/aromatic N) is 5. The number of carbonyl (C=O) groups excluding carboxylic acids is 2. The van der Waals surface area contributed by atoms with Crippen molar-refractivity contribution < 1.29 is 18.7 Å². The number of hydrogen-bond donors (Lipinski definition) is 1. The number of amides is 2. The summed E-state index contributed by atoms with van der Waals surface area (Å²) in [4.78, 5) is 34.3. The van der Waals surface area contributed by atoms with Gasteiger partial charge in [0.05, 0.1) is 0 Å². The summed E-state index contributed by atoms with van der Waals surface area (Å²) in [6.07, 6.45) is 2.85. The van der Waals surface area contributed by atoms with E-state index in [2.05, 4.69) is 20.3 Å². The van der Waals surface area contributed by atoms with E-state index in [0.717, 1.165) is 5.56 Å². The molecule has 1 atom stereocenters. The van der Waals surface area contributed by atoms with Crippen LogP contribution in [0, 0.1) is 5.82 Å². The summed E-state index contributed by atoms with van der Waals surface area (Å²) < 4.78 is 20.3. The number of halogens is 1. The lowest BCUT2D eigenvalue weighted by atomic mass is 10.1. The van der Waals surface area contributed by atoms with Crippen molar-refractivity contribution >= 4 is 17.5 Å². The van der Waals surface area contributed by atoms with Crippen LogP contribution in [0.5, 0.6) is 11.5 Å². The van der Waals surface area contributed by atoms with Crippen LogP contribution in [0.4, 0.5) is 10.1 Å². The monoisotopic (exact) mass is 514 g/mol. The van der Waals surface area contributed by atoms with E-state index in [1.807, 2.05) is 30.3 Å². The lowest BCUT2D eigenvalue weighted by Crippen LogP contribution is -2.59. The Morgan fingerprint density at radius 1 is 0.947 bits per heavy atom. The van der Waals surface area contributed by atoms with Gasteiger partial charge in [-0.25, -0.2) is 14.1 Å². The van der Waals surface area contributed by atoms with Crippen molar-refractivity contribution in [3.63, 3.8) is 0 Å². The fourth-order valence-corrected chi connectivity index (χ4v) is 4.36. The van der Waals surface area contributed by atoms with Crippen LogP contribution in [-0.2, 0) is 22.7 Å². The van der Waals surface area contributed by atoms with Crippen molar-refractivity contribution in [1.29, 1.82) is 0 Å². The van der Waals surface area contributed by atoms with Gasteiger partial charge in [-0.3, -0.25) is 14.5 Å². The van der Waals surface area contributed by atoms with Crippen molar-refractivity contribution in [3.8, 4) is 11.5 Å². The highest BCUT2D eigenvalue weighted by Crippen LogP contribution is 2.24. The van der Waals surface area contributed by atoms with Crippen LogP contribution in [0.15, 0.2) is 91.5 Å². The molecule has 2 heterocycles. The average Bonchev–Trinajstić information content (AvgIpc) is 3.44. The minimum atomic E-state index is -0.682. The number of aromatic nitrogens is 3. The van der Waals surface area contributed by atoms with Crippen molar-refractivity contribution in [1.82, 2.24) is 24.6 Å². The molecule has 1 fully saturated rings. The number of hydrogen-bond acceptors (Lipinski definition) is 6. The summed E-state index contributed by atoms with van der Waals surface area (Å²) in [5.74, 6) is 0.241. The van der Waals surface area contributed by atoms with E-state index in [1.54, 1.807) is 41.3 Å². The second-order valence-electron chi connectivity index (χ2n) is 8.99. The molecular weight excluding hydrogens is 487 g/mol. The van der Waals surface area contributed by atoms with Crippen molar-refractivity contribution in [2.24, 2.45) is 0 Å². The van der Waals surface area contributed by atoms with E-state index in [-0.39, 0.29) is 24.2 Å². The predicted octanol–water partition coefficient (Wildman–Crippen LogP) is 3.56. The predicted molar refractivity (Wildman–Crippen MR) is 139 cm³/mol. The molecule has 1 aromatic heterocycles. The first-order valence-corrected chi connectivity index (χ1v) is 12.3. The number of rotatable bonds is 8. The van der Waals surface area contributed by atoms with Gasteiger partial charge in [0.15, 0.2) is 0 Å². The Hall–Kier alpha value is -4.57. The van der Waals surface area contributed by atoms with E-state index in [9.17, 15) is 14.0 Å². The second kappa shape index (κ2) is 11.7. The molecule has 1 N–H and O–H groups in total. The van der Waals surface area contributed by atoms with Crippen molar-refractivity contribution in [2.75, 3.05) is 25.0 Å². The highest BCUT2D eigenvalue weighted by Gasteiger charge is 2.35. The smallest absolute Gasteiger partial charge is 0.248 e. The van der Waals surface area contributed by atoms with Crippen LogP contribution in [0.1, 0.15) is 5.56 Å². The molecular formula is C28H27FN6O3. The van der Waals surface area contributed by atoms with E-state index in [1.165, 1.54) is 29.5 Å². The Morgan fingerprint density at radius 2 is 1.66 bits per heavy atom. The fourth-order valence-electron chi connectivity index (χ4n) is 4.36. The molecule has 2 amide bonds. The third-order valence-corrected chi connectivity index (χ3v) is 6.27. The molecule has 0 spiro atoms. The molecule has 3 aromatic carbocycles. The number of piperazine rings is 1. The third-order valence-electron chi connectivity index (χ3n) is 6.27. The van der Waals surface area contributed by atoms with Gasteiger partial charge in [-0.2, -0.15) is 5.10 Å². The minimum absolute atomic E-state index is 0.0118. The average molecular weight is 515 g/mol. The maximum absolute atomic E-state index is 13.5. The minimum Gasteiger partial charge on any atom is -0.457 e. The lowest BCUT2D eigenvalue weighted by molar-refractivity contribution is -0.142. The molecule has 4 aromatic rings. The highest BCUT2D eigenvalue weighted by molar-refractivity contribution is 5.97. The van der Waals surface area contributed by atoms with E-state index >= 15 is 0 Å². The molecule has 9 nitrogen and oxygen atoms in total. The van der Waals surface area contributed by atoms with Crippen LogP contribution < -0.4 is 10.1 Å². The van der Waals surface area contributed by atoms with E-state index in [4.69, 9.17) is 4.74 Å².